The number of anilines is 1. The molecule has 1 amide bonds. The summed E-state index contributed by atoms with van der Waals surface area (Å²) < 4.78 is 18.9. The fraction of sp³-hybridized carbons (Fsp3) is 0. The van der Waals surface area contributed by atoms with Gasteiger partial charge in [0.2, 0.25) is 0 Å². The number of carbonyl (C=O) groups excluding carboxylic acids is 1. The number of rotatable bonds is 3. The average Bonchev–Trinajstić information content (AvgIpc) is 2.33. The van der Waals surface area contributed by atoms with E-state index in [-0.39, 0.29) is 17.1 Å². The fourth-order valence-corrected chi connectivity index (χ4v) is 1.48. The molecule has 0 aliphatic rings. The molecule has 0 bridgehead atoms. The Kier molecular flexibility index (Phi) is 3.14. The molecule has 0 radical (unpaired) electrons. The minimum atomic E-state index is -0.638. The molecule has 4 nitrogen and oxygen atoms in total. The SMILES string of the molecule is NC(=O)c1ccccc1Oc1ccc(N)cc1F. The van der Waals surface area contributed by atoms with Gasteiger partial charge in [0, 0.05) is 11.8 Å². The van der Waals surface area contributed by atoms with Crippen LogP contribution in [0.15, 0.2) is 42.5 Å². The zero-order valence-electron chi connectivity index (χ0n) is 9.39. The third kappa shape index (κ3) is 2.40. The topological polar surface area (TPSA) is 78.3 Å². The Bertz CT molecular complexity index is 599. The van der Waals surface area contributed by atoms with Crippen molar-refractivity contribution in [1.29, 1.82) is 0 Å². The molecule has 92 valence electrons. The minimum Gasteiger partial charge on any atom is -0.453 e. The van der Waals surface area contributed by atoms with Crippen LogP contribution in [0.5, 0.6) is 11.5 Å². The van der Waals surface area contributed by atoms with Gasteiger partial charge in [-0.3, -0.25) is 4.79 Å². The number of nitrogen functional groups attached to an aromatic ring is 1. The molecule has 0 aliphatic heterocycles. The molecule has 2 aromatic carbocycles. The van der Waals surface area contributed by atoms with Crippen molar-refractivity contribution in [1.82, 2.24) is 0 Å². The second kappa shape index (κ2) is 4.75. The van der Waals surface area contributed by atoms with Crippen LogP contribution in [-0.2, 0) is 0 Å². The van der Waals surface area contributed by atoms with E-state index in [9.17, 15) is 9.18 Å². The van der Waals surface area contributed by atoms with E-state index in [0.717, 1.165) is 6.07 Å². The summed E-state index contributed by atoms with van der Waals surface area (Å²) in [5, 5.41) is 0. The molecular formula is C13H11FN2O2. The van der Waals surface area contributed by atoms with Crippen molar-refractivity contribution in [3.05, 3.63) is 53.8 Å². The van der Waals surface area contributed by atoms with Crippen LogP contribution in [0, 0.1) is 5.82 Å². The van der Waals surface area contributed by atoms with Crippen LogP contribution in [0.4, 0.5) is 10.1 Å². The maximum Gasteiger partial charge on any atom is 0.252 e. The van der Waals surface area contributed by atoms with Crippen LogP contribution < -0.4 is 16.2 Å². The Morgan fingerprint density at radius 3 is 2.50 bits per heavy atom. The zero-order chi connectivity index (χ0) is 13.1. The summed E-state index contributed by atoms with van der Waals surface area (Å²) in [4.78, 5) is 11.2. The van der Waals surface area contributed by atoms with Crippen LogP contribution in [0.3, 0.4) is 0 Å². The van der Waals surface area contributed by atoms with Crippen molar-refractivity contribution in [3.8, 4) is 11.5 Å². The minimum absolute atomic E-state index is 0.0158. The van der Waals surface area contributed by atoms with E-state index in [1.54, 1.807) is 12.1 Å². The maximum atomic E-state index is 13.5. The van der Waals surface area contributed by atoms with Gasteiger partial charge in [-0.15, -0.1) is 0 Å². The molecule has 2 rings (SSSR count). The highest BCUT2D eigenvalue weighted by Crippen LogP contribution is 2.28. The molecule has 5 heteroatoms. The van der Waals surface area contributed by atoms with Crippen LogP contribution in [0.1, 0.15) is 10.4 Å². The van der Waals surface area contributed by atoms with E-state index in [0.29, 0.717) is 5.69 Å². The summed E-state index contributed by atoms with van der Waals surface area (Å²) in [6, 6.07) is 10.4. The number of ether oxygens (including phenoxy) is 1. The number of carbonyl (C=O) groups is 1. The van der Waals surface area contributed by atoms with E-state index < -0.39 is 11.7 Å². The summed E-state index contributed by atoms with van der Waals surface area (Å²) in [5.41, 5.74) is 11.1. The first-order chi connectivity index (χ1) is 8.58. The number of halogens is 1. The monoisotopic (exact) mass is 246 g/mol. The largest absolute Gasteiger partial charge is 0.453 e. The van der Waals surface area contributed by atoms with Crippen LogP contribution in [0.2, 0.25) is 0 Å². The van der Waals surface area contributed by atoms with Gasteiger partial charge in [-0.05, 0) is 24.3 Å². The van der Waals surface area contributed by atoms with Gasteiger partial charge >= 0.3 is 0 Å². The molecule has 0 heterocycles. The first-order valence-electron chi connectivity index (χ1n) is 5.19. The molecule has 0 spiro atoms. The summed E-state index contributed by atoms with van der Waals surface area (Å²) in [6.45, 7) is 0. The highest BCUT2D eigenvalue weighted by atomic mass is 19.1. The van der Waals surface area contributed by atoms with E-state index in [1.807, 2.05) is 0 Å². The Morgan fingerprint density at radius 2 is 1.83 bits per heavy atom. The summed E-state index contributed by atoms with van der Waals surface area (Å²) >= 11 is 0. The summed E-state index contributed by atoms with van der Waals surface area (Å²) in [5.74, 6) is -1.05. The molecule has 0 aromatic heterocycles. The van der Waals surface area contributed by atoms with Crippen molar-refractivity contribution in [3.63, 3.8) is 0 Å². The summed E-state index contributed by atoms with van der Waals surface area (Å²) in [7, 11) is 0. The van der Waals surface area contributed by atoms with E-state index in [2.05, 4.69) is 0 Å². The summed E-state index contributed by atoms with van der Waals surface area (Å²) in [6.07, 6.45) is 0. The van der Waals surface area contributed by atoms with E-state index in [1.165, 1.54) is 24.3 Å². The average molecular weight is 246 g/mol. The highest BCUT2D eigenvalue weighted by Gasteiger charge is 2.11. The lowest BCUT2D eigenvalue weighted by molar-refractivity contribution is 0.0998. The molecule has 0 fully saturated rings. The highest BCUT2D eigenvalue weighted by molar-refractivity contribution is 5.95. The Hall–Kier alpha value is -2.56. The lowest BCUT2D eigenvalue weighted by Crippen LogP contribution is -2.12. The molecular weight excluding hydrogens is 235 g/mol. The van der Waals surface area contributed by atoms with Crippen LogP contribution in [0.25, 0.3) is 0 Å². The van der Waals surface area contributed by atoms with Gasteiger partial charge in [0.25, 0.3) is 5.91 Å². The second-order valence-corrected chi connectivity index (χ2v) is 3.65. The molecule has 0 atom stereocenters. The normalized spacial score (nSPS) is 10.1. The lowest BCUT2D eigenvalue weighted by atomic mass is 10.2. The van der Waals surface area contributed by atoms with E-state index >= 15 is 0 Å². The smallest absolute Gasteiger partial charge is 0.252 e. The number of benzene rings is 2. The lowest BCUT2D eigenvalue weighted by Gasteiger charge is -2.09. The Labute approximate surface area is 103 Å². The predicted octanol–water partition coefficient (Wildman–Crippen LogP) is 2.30. The number of amides is 1. The third-order valence-corrected chi connectivity index (χ3v) is 2.33. The number of para-hydroxylation sites is 1. The van der Waals surface area contributed by atoms with Crippen LogP contribution >= 0.6 is 0 Å². The van der Waals surface area contributed by atoms with Crippen molar-refractivity contribution >= 4 is 11.6 Å². The quantitative estimate of drug-likeness (QED) is 0.815. The standard InChI is InChI=1S/C13H11FN2O2/c14-10-7-8(15)5-6-12(10)18-11-4-2-1-3-9(11)13(16)17/h1-7H,15H2,(H2,16,17). The first-order valence-corrected chi connectivity index (χ1v) is 5.19. The van der Waals surface area contributed by atoms with Crippen molar-refractivity contribution < 1.29 is 13.9 Å². The molecule has 4 N–H and O–H groups in total. The van der Waals surface area contributed by atoms with Crippen molar-refractivity contribution in [2.45, 2.75) is 0 Å². The van der Waals surface area contributed by atoms with Crippen molar-refractivity contribution in [2.24, 2.45) is 5.73 Å². The van der Waals surface area contributed by atoms with Crippen molar-refractivity contribution in [2.75, 3.05) is 5.73 Å². The zero-order valence-corrected chi connectivity index (χ0v) is 9.39. The van der Waals surface area contributed by atoms with Gasteiger partial charge in [0.15, 0.2) is 11.6 Å². The van der Waals surface area contributed by atoms with E-state index in [4.69, 9.17) is 16.2 Å². The van der Waals surface area contributed by atoms with Gasteiger partial charge in [-0.2, -0.15) is 0 Å². The molecule has 2 aromatic rings. The number of hydrogen-bond acceptors (Lipinski definition) is 3. The molecule has 18 heavy (non-hydrogen) atoms. The van der Waals surface area contributed by atoms with Gasteiger partial charge in [-0.25, -0.2) is 4.39 Å². The Balaban J connectivity index is 2.37. The Morgan fingerprint density at radius 1 is 1.11 bits per heavy atom. The fourth-order valence-electron chi connectivity index (χ4n) is 1.48. The molecule has 0 saturated carbocycles. The number of primary amides is 1. The number of nitrogens with two attached hydrogens (primary N) is 2. The maximum absolute atomic E-state index is 13.5. The molecule has 0 unspecified atom stereocenters. The second-order valence-electron chi connectivity index (χ2n) is 3.65. The van der Waals surface area contributed by atoms with Gasteiger partial charge in [0.05, 0.1) is 5.56 Å². The molecule has 0 saturated heterocycles. The van der Waals surface area contributed by atoms with Gasteiger partial charge in [-0.1, -0.05) is 12.1 Å². The first kappa shape index (κ1) is 11.9. The van der Waals surface area contributed by atoms with Crippen LogP contribution in [-0.4, -0.2) is 5.91 Å². The number of hydrogen-bond donors (Lipinski definition) is 2. The van der Waals surface area contributed by atoms with Gasteiger partial charge in [0.1, 0.15) is 5.75 Å². The predicted molar refractivity (Wildman–Crippen MR) is 65.8 cm³/mol. The van der Waals surface area contributed by atoms with Gasteiger partial charge < -0.3 is 16.2 Å². The molecule has 0 aliphatic carbocycles. The third-order valence-electron chi connectivity index (χ3n) is 2.33.